The minimum atomic E-state index is 0.246. The van der Waals surface area contributed by atoms with Crippen molar-refractivity contribution in [3.63, 3.8) is 0 Å². The molecule has 1 aromatic rings. The molecule has 0 amide bonds. The lowest BCUT2D eigenvalue weighted by molar-refractivity contribution is -0.0679. The van der Waals surface area contributed by atoms with Crippen molar-refractivity contribution >= 4 is 0 Å². The van der Waals surface area contributed by atoms with Crippen LogP contribution in [0.5, 0.6) is 0 Å². The van der Waals surface area contributed by atoms with Crippen molar-refractivity contribution in [1.29, 1.82) is 0 Å². The highest BCUT2D eigenvalue weighted by Gasteiger charge is 2.40. The van der Waals surface area contributed by atoms with Crippen molar-refractivity contribution in [2.75, 3.05) is 6.54 Å². The zero-order chi connectivity index (χ0) is 13.1. The van der Waals surface area contributed by atoms with Crippen molar-refractivity contribution in [3.8, 4) is 0 Å². The van der Waals surface area contributed by atoms with Gasteiger partial charge in [-0.25, -0.2) is 0 Å². The molecule has 1 atom stereocenters. The minimum Gasteiger partial charge on any atom is -0.370 e. The number of ether oxygens (including phenoxy) is 1. The minimum absolute atomic E-state index is 0.246. The van der Waals surface area contributed by atoms with Crippen LogP contribution in [-0.2, 0) is 17.7 Å². The van der Waals surface area contributed by atoms with Crippen LogP contribution >= 0.6 is 0 Å². The summed E-state index contributed by atoms with van der Waals surface area (Å²) in [4.78, 5) is 0. The van der Waals surface area contributed by atoms with Gasteiger partial charge in [0.25, 0.3) is 0 Å². The molecule has 1 aromatic heterocycles. The molecule has 0 bridgehead atoms. The van der Waals surface area contributed by atoms with Gasteiger partial charge in [-0.1, -0.05) is 19.3 Å². The van der Waals surface area contributed by atoms with Gasteiger partial charge in [-0.15, -0.1) is 0 Å². The third kappa shape index (κ3) is 3.03. The first-order valence-corrected chi connectivity index (χ1v) is 7.82. The molecular formula is C16H26N2O. The maximum absolute atomic E-state index is 6.42. The van der Waals surface area contributed by atoms with Crippen molar-refractivity contribution in [1.82, 2.24) is 4.57 Å². The van der Waals surface area contributed by atoms with Gasteiger partial charge in [0.2, 0.25) is 0 Å². The summed E-state index contributed by atoms with van der Waals surface area (Å²) in [6.07, 6.45) is 15.0. The molecule has 1 aliphatic heterocycles. The molecule has 1 unspecified atom stereocenters. The predicted molar refractivity (Wildman–Crippen MR) is 77.1 cm³/mol. The van der Waals surface area contributed by atoms with Crippen LogP contribution in [0.2, 0.25) is 0 Å². The zero-order valence-electron chi connectivity index (χ0n) is 11.8. The Labute approximate surface area is 116 Å². The van der Waals surface area contributed by atoms with E-state index in [2.05, 4.69) is 23.0 Å². The smallest absolute Gasteiger partial charge is 0.0762 e. The third-order valence-corrected chi connectivity index (χ3v) is 4.76. The van der Waals surface area contributed by atoms with Crippen molar-refractivity contribution in [2.24, 2.45) is 5.73 Å². The van der Waals surface area contributed by atoms with E-state index in [0.717, 1.165) is 19.5 Å². The highest BCUT2D eigenvalue weighted by molar-refractivity contribution is 5.10. The van der Waals surface area contributed by atoms with Gasteiger partial charge in [0.15, 0.2) is 0 Å². The van der Waals surface area contributed by atoms with E-state index >= 15 is 0 Å². The van der Waals surface area contributed by atoms with Crippen molar-refractivity contribution in [2.45, 2.75) is 69.6 Å². The summed E-state index contributed by atoms with van der Waals surface area (Å²) in [5.41, 5.74) is 7.18. The first kappa shape index (κ1) is 13.2. The highest BCUT2D eigenvalue weighted by Crippen LogP contribution is 2.42. The maximum Gasteiger partial charge on any atom is 0.0762 e. The fourth-order valence-electron chi connectivity index (χ4n) is 3.74. The predicted octanol–water partition coefficient (Wildman–Crippen LogP) is 2.87. The standard InChI is InChI=1S/C16H26N2O/c17-10-5-14-6-11-18(12-14)13-15-4-9-16(19-15)7-2-1-3-8-16/h6,11-12,15H,1-5,7-10,13,17H2. The SMILES string of the molecule is NCCc1ccn(CC2CCC3(CCCCC3)O2)c1. The average Bonchev–Trinajstić information content (AvgIpc) is 3.00. The van der Waals surface area contributed by atoms with E-state index in [9.17, 15) is 0 Å². The van der Waals surface area contributed by atoms with Gasteiger partial charge in [-0.3, -0.25) is 0 Å². The Hall–Kier alpha value is -0.800. The van der Waals surface area contributed by atoms with Crippen LogP contribution < -0.4 is 5.73 Å². The van der Waals surface area contributed by atoms with Gasteiger partial charge in [0.05, 0.1) is 11.7 Å². The quantitative estimate of drug-likeness (QED) is 0.906. The average molecular weight is 262 g/mol. The zero-order valence-corrected chi connectivity index (χ0v) is 11.8. The van der Waals surface area contributed by atoms with E-state index in [-0.39, 0.29) is 5.60 Å². The van der Waals surface area contributed by atoms with Crippen molar-refractivity contribution in [3.05, 3.63) is 24.0 Å². The van der Waals surface area contributed by atoms with Crippen molar-refractivity contribution < 1.29 is 4.74 Å². The van der Waals surface area contributed by atoms with Gasteiger partial charge < -0.3 is 15.0 Å². The Balaban J connectivity index is 1.55. The van der Waals surface area contributed by atoms with E-state index in [1.54, 1.807) is 0 Å². The summed E-state index contributed by atoms with van der Waals surface area (Å²) >= 11 is 0. The molecule has 2 aliphatic rings. The number of aromatic nitrogens is 1. The lowest BCUT2D eigenvalue weighted by Gasteiger charge is -2.33. The molecule has 106 valence electrons. The van der Waals surface area contributed by atoms with Gasteiger partial charge in [0, 0.05) is 18.9 Å². The van der Waals surface area contributed by atoms with Crippen LogP contribution in [0.4, 0.5) is 0 Å². The number of nitrogens with zero attached hydrogens (tertiary/aromatic N) is 1. The molecule has 1 spiro atoms. The second-order valence-electron chi connectivity index (χ2n) is 6.28. The molecule has 1 aliphatic carbocycles. The summed E-state index contributed by atoms with van der Waals surface area (Å²) < 4.78 is 8.69. The summed E-state index contributed by atoms with van der Waals surface area (Å²) in [6.45, 7) is 1.74. The molecule has 2 fully saturated rings. The van der Waals surface area contributed by atoms with Crippen LogP contribution in [0, 0.1) is 0 Å². The first-order valence-electron chi connectivity index (χ1n) is 7.82. The van der Waals surface area contributed by atoms with E-state index in [4.69, 9.17) is 10.5 Å². The fraction of sp³-hybridized carbons (Fsp3) is 0.750. The Morgan fingerprint density at radius 2 is 2.11 bits per heavy atom. The van der Waals surface area contributed by atoms with Crippen LogP contribution in [0.25, 0.3) is 0 Å². The van der Waals surface area contributed by atoms with E-state index in [1.807, 2.05) is 0 Å². The fourth-order valence-corrected chi connectivity index (χ4v) is 3.74. The maximum atomic E-state index is 6.42. The van der Waals surface area contributed by atoms with Crippen LogP contribution in [0.3, 0.4) is 0 Å². The van der Waals surface area contributed by atoms with Crippen LogP contribution in [0.15, 0.2) is 18.5 Å². The summed E-state index contributed by atoms with van der Waals surface area (Å²) in [7, 11) is 0. The molecule has 3 nitrogen and oxygen atoms in total. The van der Waals surface area contributed by atoms with Crippen LogP contribution in [-0.4, -0.2) is 22.8 Å². The van der Waals surface area contributed by atoms with E-state index in [1.165, 1.54) is 50.5 Å². The lowest BCUT2D eigenvalue weighted by atomic mass is 9.83. The Kier molecular flexibility index (Phi) is 3.94. The number of hydrogen-bond acceptors (Lipinski definition) is 2. The Bertz CT molecular complexity index is 407. The molecular weight excluding hydrogens is 236 g/mol. The molecule has 2 heterocycles. The van der Waals surface area contributed by atoms with Gasteiger partial charge in [-0.2, -0.15) is 0 Å². The molecule has 2 N–H and O–H groups in total. The van der Waals surface area contributed by atoms with E-state index in [0.29, 0.717) is 6.10 Å². The van der Waals surface area contributed by atoms with E-state index < -0.39 is 0 Å². The summed E-state index contributed by atoms with van der Waals surface area (Å²) in [5, 5.41) is 0. The first-order chi connectivity index (χ1) is 9.30. The van der Waals surface area contributed by atoms with Gasteiger partial charge in [-0.05, 0) is 50.3 Å². The molecule has 19 heavy (non-hydrogen) atoms. The Morgan fingerprint density at radius 3 is 2.89 bits per heavy atom. The molecule has 3 heteroatoms. The van der Waals surface area contributed by atoms with Crippen LogP contribution in [0.1, 0.15) is 50.5 Å². The lowest BCUT2D eigenvalue weighted by Crippen LogP contribution is -2.32. The Morgan fingerprint density at radius 1 is 1.26 bits per heavy atom. The van der Waals surface area contributed by atoms with Gasteiger partial charge in [0.1, 0.15) is 0 Å². The monoisotopic (exact) mass is 262 g/mol. The molecule has 1 saturated carbocycles. The normalized spacial score (nSPS) is 26.1. The third-order valence-electron chi connectivity index (χ3n) is 4.76. The summed E-state index contributed by atoms with van der Waals surface area (Å²) in [6, 6.07) is 2.18. The largest absolute Gasteiger partial charge is 0.370 e. The topological polar surface area (TPSA) is 40.2 Å². The molecule has 0 radical (unpaired) electrons. The number of hydrogen-bond donors (Lipinski definition) is 1. The number of rotatable bonds is 4. The highest BCUT2D eigenvalue weighted by atomic mass is 16.5. The molecule has 0 aromatic carbocycles. The second kappa shape index (κ2) is 5.68. The molecule has 3 rings (SSSR count). The van der Waals surface area contributed by atoms with Gasteiger partial charge >= 0.3 is 0 Å². The molecule has 1 saturated heterocycles. The second-order valence-corrected chi connectivity index (χ2v) is 6.28. The summed E-state index contributed by atoms with van der Waals surface area (Å²) in [5.74, 6) is 0. The number of nitrogens with two attached hydrogens (primary N) is 1.